The van der Waals surface area contributed by atoms with Gasteiger partial charge in [0.1, 0.15) is 17.9 Å². The molecule has 5 nitrogen and oxygen atoms in total. The van der Waals surface area contributed by atoms with Crippen LogP contribution in [0.2, 0.25) is 0 Å². The van der Waals surface area contributed by atoms with Crippen LogP contribution in [0.5, 0.6) is 5.75 Å². The average molecular weight is 254 g/mol. The van der Waals surface area contributed by atoms with Gasteiger partial charge in [-0.15, -0.1) is 0 Å². The van der Waals surface area contributed by atoms with Crippen LogP contribution in [0.3, 0.4) is 0 Å². The lowest BCUT2D eigenvalue weighted by molar-refractivity contribution is -0.122. The van der Waals surface area contributed by atoms with Crippen LogP contribution in [0.25, 0.3) is 0 Å². The molecule has 1 rings (SSSR count). The summed E-state index contributed by atoms with van der Waals surface area (Å²) in [6.07, 6.45) is -0.476. The minimum atomic E-state index is -0.476. The van der Waals surface area contributed by atoms with Crippen molar-refractivity contribution in [3.8, 4) is 5.75 Å². The molecule has 0 aliphatic carbocycles. The first kappa shape index (κ1) is 14.5. The van der Waals surface area contributed by atoms with Crippen LogP contribution in [0.4, 0.5) is 0 Å². The third-order valence-corrected chi connectivity index (χ3v) is 2.44. The highest BCUT2D eigenvalue weighted by Crippen LogP contribution is 2.21. The van der Waals surface area contributed by atoms with E-state index < -0.39 is 12.3 Å². The number of carbonyl (C=O) groups is 1. The first-order chi connectivity index (χ1) is 8.62. The molecule has 0 bridgehead atoms. The molecule has 0 heterocycles. The topological polar surface area (TPSA) is 54.0 Å². The van der Waals surface area contributed by atoms with E-state index in [2.05, 4.69) is 0 Å². The van der Waals surface area contributed by atoms with Crippen molar-refractivity contribution in [1.29, 1.82) is 0 Å². The standard InChI is InChI=1S/C13H18O5/c1-9-5-6-10(13(14)17-4)11(7-9)18-8-12(15-2)16-3/h5-7,12H,8H2,1-4H3. The number of benzene rings is 1. The fraction of sp³-hybridized carbons (Fsp3) is 0.462. The highest BCUT2D eigenvalue weighted by Gasteiger charge is 2.15. The number of methoxy groups -OCH3 is 3. The van der Waals surface area contributed by atoms with Gasteiger partial charge in [-0.05, 0) is 24.6 Å². The quantitative estimate of drug-likeness (QED) is 0.572. The zero-order chi connectivity index (χ0) is 13.5. The average Bonchev–Trinajstić information content (AvgIpc) is 2.39. The van der Waals surface area contributed by atoms with Gasteiger partial charge in [-0.1, -0.05) is 6.07 Å². The van der Waals surface area contributed by atoms with Crippen LogP contribution in [-0.4, -0.2) is 40.2 Å². The highest BCUT2D eigenvalue weighted by molar-refractivity contribution is 5.92. The van der Waals surface area contributed by atoms with E-state index in [-0.39, 0.29) is 6.61 Å². The van der Waals surface area contributed by atoms with Crippen molar-refractivity contribution in [2.75, 3.05) is 27.9 Å². The molecule has 0 unspecified atom stereocenters. The third-order valence-electron chi connectivity index (χ3n) is 2.44. The Hall–Kier alpha value is -1.59. The zero-order valence-corrected chi connectivity index (χ0v) is 11.1. The van der Waals surface area contributed by atoms with E-state index in [1.54, 1.807) is 12.1 Å². The van der Waals surface area contributed by atoms with Crippen LogP contribution in [0.15, 0.2) is 18.2 Å². The van der Waals surface area contributed by atoms with Crippen molar-refractivity contribution in [2.24, 2.45) is 0 Å². The summed E-state index contributed by atoms with van der Waals surface area (Å²) in [5, 5.41) is 0. The molecule has 0 spiro atoms. The van der Waals surface area contributed by atoms with Gasteiger partial charge in [0, 0.05) is 14.2 Å². The summed E-state index contributed by atoms with van der Waals surface area (Å²) in [5.41, 5.74) is 1.37. The fourth-order valence-electron chi connectivity index (χ4n) is 1.42. The molecule has 0 aromatic heterocycles. The molecule has 0 N–H and O–H groups in total. The molecule has 0 fully saturated rings. The maximum Gasteiger partial charge on any atom is 0.341 e. The van der Waals surface area contributed by atoms with E-state index in [4.69, 9.17) is 18.9 Å². The minimum absolute atomic E-state index is 0.195. The fourth-order valence-corrected chi connectivity index (χ4v) is 1.42. The van der Waals surface area contributed by atoms with Gasteiger partial charge in [0.25, 0.3) is 0 Å². The van der Waals surface area contributed by atoms with Gasteiger partial charge in [-0.3, -0.25) is 0 Å². The molecule has 0 atom stereocenters. The second kappa shape index (κ2) is 6.98. The molecule has 0 amide bonds. The second-order valence-electron chi connectivity index (χ2n) is 3.70. The number of ether oxygens (including phenoxy) is 4. The minimum Gasteiger partial charge on any atom is -0.487 e. The Labute approximate surface area is 107 Å². The summed E-state index contributed by atoms with van der Waals surface area (Å²) in [6.45, 7) is 2.11. The molecule has 100 valence electrons. The molecule has 0 saturated heterocycles. The molecule has 1 aromatic rings. The predicted molar refractivity (Wildman–Crippen MR) is 65.8 cm³/mol. The summed E-state index contributed by atoms with van der Waals surface area (Å²) < 4.78 is 20.3. The zero-order valence-electron chi connectivity index (χ0n) is 11.1. The summed E-state index contributed by atoms with van der Waals surface area (Å²) in [5.74, 6) is 0.0253. The van der Waals surface area contributed by atoms with E-state index in [1.807, 2.05) is 13.0 Å². The van der Waals surface area contributed by atoms with Crippen molar-refractivity contribution >= 4 is 5.97 Å². The number of esters is 1. The lowest BCUT2D eigenvalue weighted by Gasteiger charge is -2.16. The molecule has 0 radical (unpaired) electrons. The predicted octanol–water partition coefficient (Wildman–Crippen LogP) is 1.78. The summed E-state index contributed by atoms with van der Waals surface area (Å²) in [4.78, 5) is 11.6. The number of hydrogen-bond donors (Lipinski definition) is 0. The molecule has 0 aliphatic heterocycles. The summed E-state index contributed by atoms with van der Waals surface area (Å²) in [7, 11) is 4.38. The molecule has 1 aromatic carbocycles. The first-order valence-corrected chi connectivity index (χ1v) is 5.49. The second-order valence-corrected chi connectivity index (χ2v) is 3.70. The molecular weight excluding hydrogens is 236 g/mol. The summed E-state index contributed by atoms with van der Waals surface area (Å²) in [6, 6.07) is 5.27. The monoisotopic (exact) mass is 254 g/mol. The summed E-state index contributed by atoms with van der Waals surface area (Å²) >= 11 is 0. The van der Waals surface area contributed by atoms with Crippen molar-refractivity contribution in [1.82, 2.24) is 0 Å². The van der Waals surface area contributed by atoms with Crippen molar-refractivity contribution in [3.05, 3.63) is 29.3 Å². The normalized spacial score (nSPS) is 10.5. The van der Waals surface area contributed by atoms with E-state index in [0.717, 1.165) is 5.56 Å². The number of aryl methyl sites for hydroxylation is 1. The maximum atomic E-state index is 11.6. The first-order valence-electron chi connectivity index (χ1n) is 5.49. The molecule has 5 heteroatoms. The van der Waals surface area contributed by atoms with Gasteiger partial charge in [0.05, 0.1) is 7.11 Å². The Balaban J connectivity index is 2.85. The highest BCUT2D eigenvalue weighted by atomic mass is 16.7. The number of carbonyl (C=O) groups excluding carboxylic acids is 1. The number of hydrogen-bond acceptors (Lipinski definition) is 5. The van der Waals surface area contributed by atoms with Crippen LogP contribution >= 0.6 is 0 Å². The van der Waals surface area contributed by atoms with Gasteiger partial charge < -0.3 is 18.9 Å². The largest absolute Gasteiger partial charge is 0.487 e. The number of rotatable bonds is 6. The smallest absolute Gasteiger partial charge is 0.341 e. The van der Waals surface area contributed by atoms with Crippen LogP contribution < -0.4 is 4.74 Å². The molecule has 0 saturated carbocycles. The van der Waals surface area contributed by atoms with Crippen LogP contribution in [0, 0.1) is 6.92 Å². The van der Waals surface area contributed by atoms with Crippen LogP contribution in [0.1, 0.15) is 15.9 Å². The maximum absolute atomic E-state index is 11.6. The Morgan fingerprint density at radius 2 is 1.89 bits per heavy atom. The lowest BCUT2D eigenvalue weighted by Crippen LogP contribution is -2.22. The molecule has 0 aliphatic rings. The Morgan fingerprint density at radius 1 is 1.22 bits per heavy atom. The van der Waals surface area contributed by atoms with Crippen molar-refractivity contribution < 1.29 is 23.7 Å². The third kappa shape index (κ3) is 3.72. The van der Waals surface area contributed by atoms with Crippen molar-refractivity contribution in [3.63, 3.8) is 0 Å². The van der Waals surface area contributed by atoms with E-state index in [9.17, 15) is 4.79 Å². The lowest BCUT2D eigenvalue weighted by atomic mass is 10.1. The van der Waals surface area contributed by atoms with E-state index in [0.29, 0.717) is 11.3 Å². The molecule has 18 heavy (non-hydrogen) atoms. The van der Waals surface area contributed by atoms with Gasteiger partial charge in [-0.2, -0.15) is 0 Å². The van der Waals surface area contributed by atoms with Crippen LogP contribution in [-0.2, 0) is 14.2 Å². The van der Waals surface area contributed by atoms with E-state index in [1.165, 1.54) is 21.3 Å². The SMILES string of the molecule is COC(=O)c1ccc(C)cc1OCC(OC)OC. The Morgan fingerprint density at radius 3 is 2.44 bits per heavy atom. The van der Waals surface area contributed by atoms with Crippen molar-refractivity contribution in [2.45, 2.75) is 13.2 Å². The van der Waals surface area contributed by atoms with E-state index >= 15 is 0 Å². The van der Waals surface area contributed by atoms with Gasteiger partial charge in [0.15, 0.2) is 6.29 Å². The Bertz CT molecular complexity index is 398. The Kier molecular flexibility index (Phi) is 5.61. The van der Waals surface area contributed by atoms with Gasteiger partial charge >= 0.3 is 5.97 Å². The van der Waals surface area contributed by atoms with Gasteiger partial charge in [0.2, 0.25) is 0 Å². The van der Waals surface area contributed by atoms with Gasteiger partial charge in [-0.25, -0.2) is 4.79 Å². The molecular formula is C13H18O5.